The van der Waals surface area contributed by atoms with Crippen molar-refractivity contribution in [2.24, 2.45) is 0 Å². The summed E-state index contributed by atoms with van der Waals surface area (Å²) >= 11 is 0. The van der Waals surface area contributed by atoms with E-state index in [0.717, 1.165) is 0 Å². The standard InChI is InChI=1S/C7H8N2O3/c1-2-3-12-9-4-6(10)8-7(11)5-9/h1H,3-5H2,(H,8,10,11). The minimum absolute atomic E-state index is 0.0490. The molecular weight excluding hydrogens is 160 g/mol. The van der Waals surface area contributed by atoms with Crippen LogP contribution in [0.15, 0.2) is 0 Å². The third-order valence-electron chi connectivity index (χ3n) is 1.25. The zero-order valence-electron chi connectivity index (χ0n) is 6.37. The van der Waals surface area contributed by atoms with E-state index < -0.39 is 0 Å². The molecule has 0 atom stereocenters. The molecule has 0 unspecified atom stereocenters. The maximum absolute atomic E-state index is 10.7. The highest BCUT2D eigenvalue weighted by Crippen LogP contribution is 1.94. The molecule has 0 saturated carbocycles. The fraction of sp³-hybridized carbons (Fsp3) is 0.429. The highest BCUT2D eigenvalue weighted by Gasteiger charge is 2.22. The van der Waals surface area contributed by atoms with Crippen LogP contribution in [-0.2, 0) is 14.4 Å². The first-order chi connectivity index (χ1) is 5.72. The Morgan fingerprint density at radius 1 is 1.50 bits per heavy atom. The van der Waals surface area contributed by atoms with Gasteiger partial charge in [-0.1, -0.05) is 5.92 Å². The predicted octanol–water partition coefficient (Wildman–Crippen LogP) is -1.49. The van der Waals surface area contributed by atoms with E-state index in [0.29, 0.717) is 0 Å². The Morgan fingerprint density at radius 2 is 2.08 bits per heavy atom. The zero-order valence-corrected chi connectivity index (χ0v) is 6.37. The predicted molar refractivity (Wildman–Crippen MR) is 39.5 cm³/mol. The molecule has 0 radical (unpaired) electrons. The number of rotatable bonds is 2. The van der Waals surface area contributed by atoms with Gasteiger partial charge in [0.1, 0.15) is 19.7 Å². The average molecular weight is 168 g/mol. The summed E-state index contributed by atoms with van der Waals surface area (Å²) in [4.78, 5) is 26.4. The van der Waals surface area contributed by atoms with Crippen molar-refractivity contribution < 1.29 is 14.4 Å². The fourth-order valence-corrected chi connectivity index (χ4v) is 0.831. The third-order valence-corrected chi connectivity index (χ3v) is 1.25. The van der Waals surface area contributed by atoms with E-state index >= 15 is 0 Å². The Hall–Kier alpha value is -1.38. The zero-order chi connectivity index (χ0) is 8.97. The minimum atomic E-state index is -0.372. The number of terminal acetylenes is 1. The van der Waals surface area contributed by atoms with Crippen LogP contribution in [-0.4, -0.2) is 36.6 Å². The van der Waals surface area contributed by atoms with Crippen molar-refractivity contribution in [1.82, 2.24) is 10.4 Å². The van der Waals surface area contributed by atoms with Gasteiger partial charge >= 0.3 is 0 Å². The lowest BCUT2D eigenvalue weighted by molar-refractivity contribution is -0.174. The molecule has 64 valence electrons. The average Bonchev–Trinajstić information content (AvgIpc) is 1.99. The van der Waals surface area contributed by atoms with Crippen molar-refractivity contribution in [2.75, 3.05) is 19.7 Å². The van der Waals surface area contributed by atoms with Crippen LogP contribution in [0.4, 0.5) is 0 Å². The molecule has 1 rings (SSSR count). The minimum Gasteiger partial charge on any atom is -0.294 e. The molecule has 5 nitrogen and oxygen atoms in total. The summed E-state index contributed by atoms with van der Waals surface area (Å²) in [6.07, 6.45) is 4.93. The molecule has 1 aliphatic rings. The van der Waals surface area contributed by atoms with Gasteiger partial charge in [0.2, 0.25) is 11.8 Å². The lowest BCUT2D eigenvalue weighted by Gasteiger charge is -2.23. The largest absolute Gasteiger partial charge is 0.294 e. The van der Waals surface area contributed by atoms with Crippen molar-refractivity contribution in [3.05, 3.63) is 0 Å². The molecule has 1 N–H and O–H groups in total. The van der Waals surface area contributed by atoms with Gasteiger partial charge in [-0.05, 0) is 0 Å². The molecule has 0 aromatic rings. The number of piperazine rings is 1. The van der Waals surface area contributed by atoms with Gasteiger partial charge in [-0.15, -0.1) is 6.42 Å². The van der Waals surface area contributed by atoms with Crippen molar-refractivity contribution >= 4 is 11.8 Å². The molecule has 0 bridgehead atoms. The SMILES string of the molecule is C#CCON1CC(=O)NC(=O)C1. The highest BCUT2D eigenvalue weighted by molar-refractivity contribution is 5.99. The number of nitrogens with zero attached hydrogens (tertiary/aromatic N) is 1. The second-order valence-electron chi connectivity index (χ2n) is 2.25. The van der Waals surface area contributed by atoms with Gasteiger partial charge in [0.05, 0.1) is 0 Å². The number of carbonyl (C=O) groups is 2. The molecule has 1 fully saturated rings. The molecular formula is C7H8N2O3. The normalized spacial score (nSPS) is 18.6. The quantitative estimate of drug-likeness (QED) is 0.403. The lowest BCUT2D eigenvalue weighted by Crippen LogP contribution is -2.51. The molecule has 1 heterocycles. The van der Waals surface area contributed by atoms with Crippen molar-refractivity contribution in [1.29, 1.82) is 0 Å². The molecule has 0 aromatic carbocycles. The second-order valence-corrected chi connectivity index (χ2v) is 2.25. The van der Waals surface area contributed by atoms with Gasteiger partial charge in [-0.3, -0.25) is 19.7 Å². The first-order valence-corrected chi connectivity index (χ1v) is 3.36. The third kappa shape index (κ3) is 2.34. The summed E-state index contributed by atoms with van der Waals surface area (Å²) in [6.45, 7) is 0.168. The number of carbonyl (C=O) groups excluding carboxylic acids is 2. The van der Waals surface area contributed by atoms with Gasteiger partial charge in [0.25, 0.3) is 0 Å². The molecule has 0 aromatic heterocycles. The van der Waals surface area contributed by atoms with Crippen LogP contribution in [0.3, 0.4) is 0 Å². The van der Waals surface area contributed by atoms with Crippen LogP contribution < -0.4 is 5.32 Å². The van der Waals surface area contributed by atoms with E-state index in [1.165, 1.54) is 5.06 Å². The van der Waals surface area contributed by atoms with E-state index in [1.54, 1.807) is 0 Å². The Kier molecular flexibility index (Phi) is 2.80. The Labute approximate surface area is 69.6 Å². The summed E-state index contributed by atoms with van der Waals surface area (Å²) in [5.74, 6) is 1.49. The number of amides is 2. The maximum Gasteiger partial charge on any atom is 0.243 e. The van der Waals surface area contributed by atoms with Crippen LogP contribution in [0, 0.1) is 12.3 Å². The number of hydroxylamine groups is 2. The summed E-state index contributed by atoms with van der Waals surface area (Å²) in [5.41, 5.74) is 0. The first-order valence-electron chi connectivity index (χ1n) is 3.36. The number of hydrogen-bond donors (Lipinski definition) is 1. The summed E-state index contributed by atoms with van der Waals surface area (Å²) in [6, 6.07) is 0. The van der Waals surface area contributed by atoms with E-state index in [1.807, 2.05) is 0 Å². The lowest BCUT2D eigenvalue weighted by atomic mass is 10.4. The molecule has 12 heavy (non-hydrogen) atoms. The van der Waals surface area contributed by atoms with Gasteiger partial charge in [0, 0.05) is 0 Å². The van der Waals surface area contributed by atoms with Crippen LogP contribution in [0.5, 0.6) is 0 Å². The van der Waals surface area contributed by atoms with E-state index in [9.17, 15) is 9.59 Å². The fourth-order valence-electron chi connectivity index (χ4n) is 0.831. The molecule has 1 aliphatic heterocycles. The molecule has 5 heteroatoms. The maximum atomic E-state index is 10.7. The number of imide groups is 1. The topological polar surface area (TPSA) is 58.6 Å². The van der Waals surface area contributed by atoms with Crippen molar-refractivity contribution in [3.63, 3.8) is 0 Å². The molecule has 1 saturated heterocycles. The second kappa shape index (κ2) is 3.85. The molecule has 0 aliphatic carbocycles. The highest BCUT2D eigenvalue weighted by atomic mass is 16.7. The monoisotopic (exact) mass is 168 g/mol. The Balaban J connectivity index is 2.40. The summed E-state index contributed by atoms with van der Waals surface area (Å²) in [5, 5.41) is 3.37. The van der Waals surface area contributed by atoms with E-state index in [4.69, 9.17) is 11.3 Å². The van der Waals surface area contributed by atoms with E-state index in [-0.39, 0.29) is 31.5 Å². The van der Waals surface area contributed by atoms with Crippen molar-refractivity contribution in [3.8, 4) is 12.3 Å². The Bertz CT molecular complexity index is 228. The van der Waals surface area contributed by atoms with Crippen LogP contribution in [0.25, 0.3) is 0 Å². The van der Waals surface area contributed by atoms with E-state index in [2.05, 4.69) is 11.2 Å². The Morgan fingerprint density at radius 3 is 2.58 bits per heavy atom. The summed E-state index contributed by atoms with van der Waals surface area (Å²) in [7, 11) is 0. The van der Waals surface area contributed by atoms with Crippen LogP contribution >= 0.6 is 0 Å². The summed E-state index contributed by atoms with van der Waals surface area (Å²) < 4.78 is 0. The van der Waals surface area contributed by atoms with Crippen LogP contribution in [0.2, 0.25) is 0 Å². The van der Waals surface area contributed by atoms with Gasteiger partial charge in [-0.25, -0.2) is 0 Å². The number of hydrogen-bond acceptors (Lipinski definition) is 4. The van der Waals surface area contributed by atoms with Crippen LogP contribution in [0.1, 0.15) is 0 Å². The first kappa shape index (κ1) is 8.71. The molecule has 2 amide bonds. The smallest absolute Gasteiger partial charge is 0.243 e. The van der Waals surface area contributed by atoms with Gasteiger partial charge < -0.3 is 0 Å². The van der Waals surface area contributed by atoms with Gasteiger partial charge in [-0.2, -0.15) is 5.06 Å². The van der Waals surface area contributed by atoms with Gasteiger partial charge in [0.15, 0.2) is 0 Å². The van der Waals surface area contributed by atoms with Crippen molar-refractivity contribution in [2.45, 2.75) is 0 Å². The molecule has 0 spiro atoms. The number of nitrogens with one attached hydrogen (secondary N) is 1.